The molecule has 0 spiro atoms. The van der Waals surface area contributed by atoms with Crippen molar-refractivity contribution in [3.63, 3.8) is 0 Å². The molecule has 0 saturated carbocycles. The minimum Gasteiger partial charge on any atom is -0.342 e. The molecule has 6 heteroatoms. The van der Waals surface area contributed by atoms with Crippen LogP contribution in [0.15, 0.2) is 28.8 Å². The van der Waals surface area contributed by atoms with Gasteiger partial charge in [0.15, 0.2) is 5.82 Å². The predicted molar refractivity (Wildman–Crippen MR) is 62.5 cm³/mol. The van der Waals surface area contributed by atoms with Crippen LogP contribution in [-0.2, 0) is 12.8 Å². The van der Waals surface area contributed by atoms with Crippen LogP contribution in [0.4, 0.5) is 0 Å². The zero-order chi connectivity index (χ0) is 12.4. The molecule has 0 fully saturated rings. The van der Waals surface area contributed by atoms with Gasteiger partial charge in [0, 0.05) is 0 Å². The highest BCUT2D eigenvalue weighted by molar-refractivity contribution is 5.74. The van der Waals surface area contributed by atoms with Gasteiger partial charge in [0.25, 0.3) is 0 Å². The van der Waals surface area contributed by atoms with E-state index in [9.17, 15) is 0 Å². The molecule has 0 amide bonds. The van der Waals surface area contributed by atoms with Crippen LogP contribution in [0.3, 0.4) is 0 Å². The van der Waals surface area contributed by atoms with Gasteiger partial charge in [0.05, 0.1) is 23.5 Å². The fraction of sp³-hybridized carbons (Fsp3) is 0.167. The number of H-pyrrole nitrogens is 1. The van der Waals surface area contributed by atoms with Gasteiger partial charge in [-0.25, -0.2) is 4.98 Å². The first kappa shape index (κ1) is 10.5. The Morgan fingerprint density at radius 2 is 2.17 bits per heavy atom. The molecule has 2 heterocycles. The number of nitriles is 1. The summed E-state index contributed by atoms with van der Waals surface area (Å²) in [6.45, 7) is 0. The summed E-state index contributed by atoms with van der Waals surface area (Å²) in [6, 6.07) is 9.75. The second kappa shape index (κ2) is 4.30. The molecule has 0 atom stereocenters. The standard InChI is InChI=1S/C12H9N5O/c13-6-5-12-16-11(17-18-12)7-10-14-8-3-1-2-4-9(8)15-10/h1-4H,5,7H2,(H,14,15). The van der Waals surface area contributed by atoms with Crippen LogP contribution in [0.2, 0.25) is 0 Å². The monoisotopic (exact) mass is 239 g/mol. The maximum absolute atomic E-state index is 8.52. The minimum absolute atomic E-state index is 0.132. The number of nitrogens with one attached hydrogen (secondary N) is 1. The van der Waals surface area contributed by atoms with Crippen LogP contribution in [0.5, 0.6) is 0 Å². The molecule has 6 nitrogen and oxygen atoms in total. The van der Waals surface area contributed by atoms with Crippen LogP contribution >= 0.6 is 0 Å². The van der Waals surface area contributed by atoms with Gasteiger partial charge in [-0.15, -0.1) is 0 Å². The van der Waals surface area contributed by atoms with E-state index in [1.165, 1.54) is 0 Å². The Hall–Kier alpha value is -2.68. The molecule has 0 aliphatic carbocycles. The highest BCUT2D eigenvalue weighted by Gasteiger charge is 2.09. The summed E-state index contributed by atoms with van der Waals surface area (Å²) in [6.07, 6.45) is 0.594. The van der Waals surface area contributed by atoms with Crippen molar-refractivity contribution in [2.75, 3.05) is 0 Å². The predicted octanol–water partition coefficient (Wildman–Crippen LogP) is 1.60. The number of nitrogens with zero attached hydrogens (tertiary/aromatic N) is 4. The highest BCUT2D eigenvalue weighted by Crippen LogP contribution is 2.12. The number of aromatic nitrogens is 4. The number of para-hydroxylation sites is 2. The lowest BCUT2D eigenvalue weighted by molar-refractivity contribution is 0.382. The van der Waals surface area contributed by atoms with Gasteiger partial charge in [0.2, 0.25) is 5.89 Å². The van der Waals surface area contributed by atoms with Gasteiger partial charge >= 0.3 is 0 Å². The van der Waals surface area contributed by atoms with Crippen molar-refractivity contribution < 1.29 is 4.52 Å². The molecular weight excluding hydrogens is 230 g/mol. The second-order valence-corrected chi connectivity index (χ2v) is 3.82. The van der Waals surface area contributed by atoms with Gasteiger partial charge < -0.3 is 9.51 Å². The molecular formula is C12H9N5O. The van der Waals surface area contributed by atoms with Gasteiger partial charge in [-0.3, -0.25) is 0 Å². The third-order valence-electron chi connectivity index (χ3n) is 2.50. The Balaban J connectivity index is 1.84. The van der Waals surface area contributed by atoms with Crippen molar-refractivity contribution in [1.29, 1.82) is 5.26 Å². The maximum atomic E-state index is 8.52. The van der Waals surface area contributed by atoms with Crippen LogP contribution in [0.25, 0.3) is 11.0 Å². The third kappa shape index (κ3) is 1.94. The fourth-order valence-corrected chi connectivity index (χ4v) is 1.74. The molecule has 3 rings (SSSR count). The minimum atomic E-state index is 0.132. The normalized spacial score (nSPS) is 10.6. The van der Waals surface area contributed by atoms with Crippen molar-refractivity contribution in [1.82, 2.24) is 20.1 Å². The molecule has 0 aliphatic rings. The van der Waals surface area contributed by atoms with Gasteiger partial charge in [-0.05, 0) is 12.1 Å². The molecule has 1 N–H and O–H groups in total. The molecule has 2 aromatic heterocycles. The van der Waals surface area contributed by atoms with E-state index in [0.29, 0.717) is 18.1 Å². The smallest absolute Gasteiger partial charge is 0.240 e. The van der Waals surface area contributed by atoms with E-state index in [0.717, 1.165) is 16.9 Å². The summed E-state index contributed by atoms with van der Waals surface area (Å²) in [5, 5.41) is 12.3. The fourth-order valence-electron chi connectivity index (χ4n) is 1.74. The van der Waals surface area contributed by atoms with Gasteiger partial charge in [-0.1, -0.05) is 17.3 Å². The third-order valence-corrected chi connectivity index (χ3v) is 2.50. The SMILES string of the molecule is N#CCc1nc(Cc2nc3ccccc3[nH]2)no1. The first-order chi connectivity index (χ1) is 8.85. The topological polar surface area (TPSA) is 91.4 Å². The molecule has 88 valence electrons. The molecule has 0 unspecified atom stereocenters. The van der Waals surface area contributed by atoms with E-state index in [1.54, 1.807) is 0 Å². The van der Waals surface area contributed by atoms with Gasteiger partial charge in [-0.2, -0.15) is 10.2 Å². The van der Waals surface area contributed by atoms with Crippen molar-refractivity contribution in [2.45, 2.75) is 12.8 Å². The Bertz CT molecular complexity index is 688. The van der Waals surface area contributed by atoms with Crippen molar-refractivity contribution in [2.24, 2.45) is 0 Å². The summed E-state index contributed by atoms with van der Waals surface area (Å²) >= 11 is 0. The van der Waals surface area contributed by atoms with E-state index in [1.807, 2.05) is 30.3 Å². The Labute approximate surface area is 102 Å². The lowest BCUT2D eigenvalue weighted by Gasteiger charge is -1.87. The molecule has 18 heavy (non-hydrogen) atoms. The molecule has 0 saturated heterocycles. The number of rotatable bonds is 3. The lowest BCUT2D eigenvalue weighted by Crippen LogP contribution is -1.93. The first-order valence-electron chi connectivity index (χ1n) is 5.47. The van der Waals surface area contributed by atoms with Crippen LogP contribution in [0, 0.1) is 11.3 Å². The zero-order valence-corrected chi connectivity index (χ0v) is 9.42. The molecule has 0 radical (unpaired) electrons. The summed E-state index contributed by atoms with van der Waals surface area (Å²) in [7, 11) is 0. The number of fused-ring (bicyclic) bond motifs is 1. The van der Waals surface area contributed by atoms with Crippen LogP contribution in [-0.4, -0.2) is 20.1 Å². The summed E-state index contributed by atoms with van der Waals surface area (Å²) in [5.74, 6) is 1.64. The van der Waals surface area contributed by atoms with E-state index in [4.69, 9.17) is 9.78 Å². The maximum Gasteiger partial charge on any atom is 0.240 e. The van der Waals surface area contributed by atoms with Crippen LogP contribution in [0.1, 0.15) is 17.5 Å². The van der Waals surface area contributed by atoms with E-state index >= 15 is 0 Å². The largest absolute Gasteiger partial charge is 0.342 e. The Morgan fingerprint density at radius 1 is 1.28 bits per heavy atom. The van der Waals surface area contributed by atoms with Crippen LogP contribution < -0.4 is 0 Å². The van der Waals surface area contributed by atoms with Crippen molar-refractivity contribution in [3.8, 4) is 6.07 Å². The quantitative estimate of drug-likeness (QED) is 0.749. The lowest BCUT2D eigenvalue weighted by atomic mass is 10.3. The number of hydrogen-bond acceptors (Lipinski definition) is 5. The Kier molecular flexibility index (Phi) is 2.50. The number of benzene rings is 1. The highest BCUT2D eigenvalue weighted by atomic mass is 16.5. The zero-order valence-electron chi connectivity index (χ0n) is 9.42. The number of hydrogen-bond donors (Lipinski definition) is 1. The molecule has 0 aliphatic heterocycles. The van der Waals surface area contributed by atoms with Crippen molar-refractivity contribution in [3.05, 3.63) is 41.8 Å². The molecule has 3 aromatic rings. The summed E-state index contributed by atoms with van der Waals surface area (Å²) in [4.78, 5) is 11.7. The van der Waals surface area contributed by atoms with Crippen molar-refractivity contribution >= 4 is 11.0 Å². The van der Waals surface area contributed by atoms with E-state index in [2.05, 4.69) is 20.1 Å². The average Bonchev–Trinajstić information content (AvgIpc) is 2.96. The van der Waals surface area contributed by atoms with Gasteiger partial charge in [0.1, 0.15) is 12.2 Å². The average molecular weight is 239 g/mol. The Morgan fingerprint density at radius 3 is 3.00 bits per heavy atom. The van der Waals surface area contributed by atoms with E-state index in [-0.39, 0.29) is 6.42 Å². The molecule has 1 aromatic carbocycles. The second-order valence-electron chi connectivity index (χ2n) is 3.82. The first-order valence-corrected chi connectivity index (χ1v) is 5.47. The molecule has 0 bridgehead atoms. The van der Waals surface area contributed by atoms with E-state index < -0.39 is 0 Å². The summed E-state index contributed by atoms with van der Waals surface area (Å²) in [5.41, 5.74) is 1.89. The number of aromatic amines is 1. The summed E-state index contributed by atoms with van der Waals surface area (Å²) < 4.78 is 4.93. The number of imidazole rings is 1.